The van der Waals surface area contributed by atoms with Gasteiger partial charge in [-0.25, -0.2) is 4.98 Å². The van der Waals surface area contributed by atoms with E-state index in [1.807, 2.05) is 6.92 Å². The van der Waals surface area contributed by atoms with Crippen molar-refractivity contribution < 1.29 is 4.42 Å². The van der Waals surface area contributed by atoms with E-state index in [1.165, 1.54) is 12.8 Å². The maximum atomic E-state index is 5.86. The number of nitrogens with zero attached hydrogens (tertiary/aromatic N) is 1. The third-order valence-corrected chi connectivity index (χ3v) is 3.02. The fraction of sp³-hybridized carbons (Fsp3) is 0.750. The van der Waals surface area contributed by atoms with Gasteiger partial charge < -0.3 is 9.73 Å². The second-order valence-electron chi connectivity index (χ2n) is 4.70. The minimum absolute atomic E-state index is 0.433. The first-order valence-corrected chi connectivity index (χ1v) is 5.86. The Labute approximate surface area is 91.3 Å². The number of aromatic nitrogens is 1. The van der Waals surface area contributed by atoms with Gasteiger partial charge in [-0.05, 0) is 26.3 Å². The van der Waals surface area contributed by atoms with Crippen LogP contribution in [0.4, 0.5) is 0 Å². The lowest BCUT2D eigenvalue weighted by molar-refractivity contribution is 0.357. The lowest BCUT2D eigenvalue weighted by atomic mass is 10.00. The van der Waals surface area contributed by atoms with Crippen molar-refractivity contribution in [3.05, 3.63) is 17.3 Å². The van der Waals surface area contributed by atoms with Crippen LogP contribution in [-0.4, -0.2) is 18.1 Å². The van der Waals surface area contributed by atoms with Crippen molar-refractivity contribution >= 4 is 0 Å². The van der Waals surface area contributed by atoms with E-state index in [0.29, 0.717) is 11.8 Å². The maximum absolute atomic E-state index is 5.86. The highest BCUT2D eigenvalue weighted by molar-refractivity contribution is 5.13. The molecule has 0 aromatic carbocycles. The van der Waals surface area contributed by atoms with E-state index in [-0.39, 0.29) is 0 Å². The number of aryl methyl sites for hydroxylation is 1. The summed E-state index contributed by atoms with van der Waals surface area (Å²) in [5.74, 6) is 2.90. The summed E-state index contributed by atoms with van der Waals surface area (Å²) < 4.78 is 5.86. The molecule has 1 atom stereocenters. The minimum Gasteiger partial charge on any atom is -0.445 e. The molecule has 15 heavy (non-hydrogen) atoms. The van der Waals surface area contributed by atoms with E-state index in [1.54, 1.807) is 0 Å². The lowest BCUT2D eigenvalue weighted by Crippen LogP contribution is -2.28. The molecule has 84 valence electrons. The molecule has 0 spiro atoms. The summed E-state index contributed by atoms with van der Waals surface area (Å²) >= 11 is 0. The average molecular weight is 208 g/mol. The lowest BCUT2D eigenvalue weighted by Gasteiger charge is -2.19. The van der Waals surface area contributed by atoms with Crippen molar-refractivity contribution in [2.45, 2.75) is 45.4 Å². The van der Waals surface area contributed by atoms with Crippen LogP contribution in [0.25, 0.3) is 0 Å². The quantitative estimate of drug-likeness (QED) is 0.811. The van der Waals surface area contributed by atoms with Gasteiger partial charge in [0.2, 0.25) is 0 Å². The monoisotopic (exact) mass is 208 g/mol. The average Bonchev–Trinajstić information content (AvgIpc) is 2.62. The van der Waals surface area contributed by atoms with Gasteiger partial charge in [-0.15, -0.1) is 0 Å². The number of hydrogen-bond acceptors (Lipinski definition) is 3. The predicted molar refractivity (Wildman–Crippen MR) is 60.2 cm³/mol. The standard InChI is InChI=1S/C12H20N2O/c1-8(2)11-9(3)14-12(15-11)10-5-4-6-13-7-10/h8,10,13H,4-7H2,1-3H3. The SMILES string of the molecule is Cc1nc(C2CCCNC2)oc1C(C)C. The highest BCUT2D eigenvalue weighted by Gasteiger charge is 2.22. The van der Waals surface area contributed by atoms with Crippen LogP contribution >= 0.6 is 0 Å². The van der Waals surface area contributed by atoms with Crippen LogP contribution in [0.1, 0.15) is 55.9 Å². The van der Waals surface area contributed by atoms with Crippen molar-refractivity contribution in [1.29, 1.82) is 0 Å². The summed E-state index contributed by atoms with van der Waals surface area (Å²) in [5.41, 5.74) is 1.06. The second-order valence-corrected chi connectivity index (χ2v) is 4.70. The van der Waals surface area contributed by atoms with Crippen molar-refractivity contribution in [2.24, 2.45) is 0 Å². The number of rotatable bonds is 2. The molecule has 2 heterocycles. The first-order chi connectivity index (χ1) is 7.18. The van der Waals surface area contributed by atoms with Gasteiger partial charge in [-0.3, -0.25) is 0 Å². The molecule has 0 bridgehead atoms. The molecule has 0 aliphatic carbocycles. The number of nitrogens with one attached hydrogen (secondary N) is 1. The summed E-state index contributed by atoms with van der Waals surface area (Å²) in [6, 6.07) is 0. The summed E-state index contributed by atoms with van der Waals surface area (Å²) in [7, 11) is 0. The summed E-state index contributed by atoms with van der Waals surface area (Å²) in [6.45, 7) is 8.48. The molecule has 1 aromatic rings. The fourth-order valence-corrected chi connectivity index (χ4v) is 2.20. The van der Waals surface area contributed by atoms with Crippen LogP contribution in [0.2, 0.25) is 0 Å². The molecule has 2 rings (SSSR count). The topological polar surface area (TPSA) is 38.1 Å². The van der Waals surface area contributed by atoms with Gasteiger partial charge in [0.05, 0.1) is 5.69 Å². The highest BCUT2D eigenvalue weighted by Crippen LogP contribution is 2.27. The van der Waals surface area contributed by atoms with Crippen LogP contribution in [0.3, 0.4) is 0 Å². The van der Waals surface area contributed by atoms with Gasteiger partial charge in [0, 0.05) is 18.4 Å². The molecule has 1 aliphatic rings. The zero-order valence-electron chi connectivity index (χ0n) is 9.84. The molecule has 1 fully saturated rings. The molecule has 1 aromatic heterocycles. The summed E-state index contributed by atoms with van der Waals surface area (Å²) in [6.07, 6.45) is 2.42. The number of hydrogen-bond donors (Lipinski definition) is 1. The van der Waals surface area contributed by atoms with Crippen LogP contribution in [-0.2, 0) is 0 Å². The molecule has 1 saturated heterocycles. The molecule has 1 aliphatic heterocycles. The van der Waals surface area contributed by atoms with Crippen LogP contribution in [0.15, 0.2) is 4.42 Å². The first kappa shape index (κ1) is 10.7. The first-order valence-electron chi connectivity index (χ1n) is 5.86. The Bertz CT molecular complexity index is 324. The molecule has 3 heteroatoms. The zero-order chi connectivity index (χ0) is 10.8. The van der Waals surface area contributed by atoms with E-state index < -0.39 is 0 Å². The number of oxazole rings is 1. The van der Waals surface area contributed by atoms with Crippen LogP contribution in [0.5, 0.6) is 0 Å². The largest absolute Gasteiger partial charge is 0.445 e. The van der Waals surface area contributed by atoms with Crippen molar-refractivity contribution in [3.63, 3.8) is 0 Å². The zero-order valence-corrected chi connectivity index (χ0v) is 9.84. The number of piperidine rings is 1. The molecule has 3 nitrogen and oxygen atoms in total. The second kappa shape index (κ2) is 4.35. The van der Waals surface area contributed by atoms with Gasteiger partial charge in [0.15, 0.2) is 5.89 Å². The Hall–Kier alpha value is -0.830. The third-order valence-electron chi connectivity index (χ3n) is 3.02. The van der Waals surface area contributed by atoms with Crippen molar-refractivity contribution in [1.82, 2.24) is 10.3 Å². The molecule has 0 radical (unpaired) electrons. The molecular weight excluding hydrogens is 188 g/mol. The Morgan fingerprint density at radius 2 is 2.27 bits per heavy atom. The summed E-state index contributed by atoms with van der Waals surface area (Å²) in [5, 5.41) is 3.39. The fourth-order valence-electron chi connectivity index (χ4n) is 2.20. The minimum atomic E-state index is 0.433. The van der Waals surface area contributed by atoms with E-state index in [0.717, 1.165) is 30.4 Å². The highest BCUT2D eigenvalue weighted by atomic mass is 16.4. The molecule has 0 amide bonds. The van der Waals surface area contributed by atoms with Gasteiger partial charge in [-0.2, -0.15) is 0 Å². The van der Waals surface area contributed by atoms with Crippen molar-refractivity contribution in [2.75, 3.05) is 13.1 Å². The van der Waals surface area contributed by atoms with E-state index in [2.05, 4.69) is 24.1 Å². The Kier molecular flexibility index (Phi) is 3.10. The maximum Gasteiger partial charge on any atom is 0.199 e. The van der Waals surface area contributed by atoms with E-state index in [4.69, 9.17) is 4.42 Å². The van der Waals surface area contributed by atoms with E-state index >= 15 is 0 Å². The van der Waals surface area contributed by atoms with Gasteiger partial charge in [0.25, 0.3) is 0 Å². The Morgan fingerprint density at radius 3 is 2.80 bits per heavy atom. The van der Waals surface area contributed by atoms with Gasteiger partial charge >= 0.3 is 0 Å². The molecule has 1 N–H and O–H groups in total. The van der Waals surface area contributed by atoms with Crippen LogP contribution in [0, 0.1) is 6.92 Å². The molecular formula is C12H20N2O. The normalized spacial score (nSPS) is 22.3. The Morgan fingerprint density at radius 1 is 1.47 bits per heavy atom. The van der Waals surface area contributed by atoms with Crippen molar-refractivity contribution in [3.8, 4) is 0 Å². The Balaban J connectivity index is 2.17. The summed E-state index contributed by atoms with van der Waals surface area (Å²) in [4.78, 5) is 4.55. The van der Waals surface area contributed by atoms with Gasteiger partial charge in [-0.1, -0.05) is 13.8 Å². The third kappa shape index (κ3) is 2.23. The smallest absolute Gasteiger partial charge is 0.199 e. The molecule has 1 unspecified atom stereocenters. The molecule has 0 saturated carbocycles. The van der Waals surface area contributed by atoms with E-state index in [9.17, 15) is 0 Å². The van der Waals surface area contributed by atoms with Gasteiger partial charge in [0.1, 0.15) is 5.76 Å². The predicted octanol–water partition coefficient (Wildman–Crippen LogP) is 2.57. The van der Waals surface area contributed by atoms with Crippen LogP contribution < -0.4 is 5.32 Å².